The number of nitrogens with zero attached hydrogens (tertiary/aromatic N) is 3. The lowest BCUT2D eigenvalue weighted by molar-refractivity contribution is -0.139. The van der Waals surface area contributed by atoms with Crippen molar-refractivity contribution < 1.29 is 9.59 Å². The van der Waals surface area contributed by atoms with Crippen molar-refractivity contribution in [1.82, 2.24) is 14.7 Å². The molecule has 1 aromatic carbocycles. The number of benzene rings is 1. The van der Waals surface area contributed by atoms with Crippen LogP contribution in [0.25, 0.3) is 0 Å². The van der Waals surface area contributed by atoms with E-state index in [-0.39, 0.29) is 49.1 Å². The Bertz CT molecular complexity index is 589. The molecule has 0 saturated carbocycles. The van der Waals surface area contributed by atoms with Crippen LogP contribution < -0.4 is 0 Å². The smallest absolute Gasteiger partial charge is 0.242 e. The van der Waals surface area contributed by atoms with Crippen molar-refractivity contribution in [2.24, 2.45) is 0 Å². The van der Waals surface area contributed by atoms with Gasteiger partial charge < -0.3 is 14.7 Å². The van der Waals surface area contributed by atoms with E-state index in [9.17, 15) is 9.59 Å². The van der Waals surface area contributed by atoms with Gasteiger partial charge in [0, 0.05) is 50.1 Å². The third kappa shape index (κ3) is 5.48. The molecule has 1 atom stereocenters. The molecule has 2 heterocycles. The molecule has 140 valence electrons. The number of halogens is 3. The van der Waals surface area contributed by atoms with Gasteiger partial charge in [0.25, 0.3) is 0 Å². The molecule has 2 amide bonds. The number of hydrogen-bond acceptors (Lipinski definition) is 3. The molecular weight excluding hydrogens is 385 g/mol. The maximum Gasteiger partial charge on any atom is 0.242 e. The van der Waals surface area contributed by atoms with E-state index < -0.39 is 0 Å². The van der Waals surface area contributed by atoms with Crippen LogP contribution in [-0.2, 0) is 9.59 Å². The molecule has 8 heteroatoms. The molecule has 1 aromatic rings. The Hall–Kier alpha value is -1.01. The zero-order chi connectivity index (χ0) is 16.4. The van der Waals surface area contributed by atoms with E-state index in [2.05, 4.69) is 11.9 Å². The molecule has 0 radical (unpaired) electrons. The van der Waals surface area contributed by atoms with Crippen molar-refractivity contribution >= 4 is 48.2 Å². The van der Waals surface area contributed by atoms with Crippen molar-refractivity contribution in [3.63, 3.8) is 0 Å². The van der Waals surface area contributed by atoms with Gasteiger partial charge in [-0.25, -0.2) is 0 Å². The van der Waals surface area contributed by atoms with Crippen molar-refractivity contribution in [3.05, 3.63) is 34.9 Å². The summed E-state index contributed by atoms with van der Waals surface area (Å²) in [5.74, 6) is 0.274. The number of amides is 2. The number of piperazine rings is 1. The minimum Gasteiger partial charge on any atom is -0.339 e. The second kappa shape index (κ2) is 9.62. The lowest BCUT2D eigenvalue weighted by Crippen LogP contribution is -2.50. The average molecular weight is 409 g/mol. The van der Waals surface area contributed by atoms with Gasteiger partial charge in [0.15, 0.2) is 0 Å². The van der Waals surface area contributed by atoms with Crippen molar-refractivity contribution in [2.75, 3.05) is 46.3 Å². The molecule has 1 unspecified atom stereocenters. The Morgan fingerprint density at radius 1 is 1.12 bits per heavy atom. The van der Waals surface area contributed by atoms with E-state index in [0.717, 1.165) is 31.7 Å². The molecular formula is C17H24Cl3N3O2. The predicted molar refractivity (Wildman–Crippen MR) is 104 cm³/mol. The summed E-state index contributed by atoms with van der Waals surface area (Å²) >= 11 is 5.91. The highest BCUT2D eigenvalue weighted by Gasteiger charge is 2.33. The zero-order valence-electron chi connectivity index (χ0n) is 14.2. The monoisotopic (exact) mass is 407 g/mol. The van der Waals surface area contributed by atoms with Gasteiger partial charge in [-0.15, -0.1) is 24.8 Å². The molecule has 2 aliphatic heterocycles. The molecule has 3 rings (SSSR count). The highest BCUT2D eigenvalue weighted by molar-refractivity contribution is 6.30. The van der Waals surface area contributed by atoms with Gasteiger partial charge >= 0.3 is 0 Å². The Morgan fingerprint density at radius 3 is 2.32 bits per heavy atom. The lowest BCUT2D eigenvalue weighted by atomic mass is 9.98. The molecule has 2 aliphatic rings. The summed E-state index contributed by atoms with van der Waals surface area (Å²) in [6, 6.07) is 7.62. The first-order valence-electron chi connectivity index (χ1n) is 8.02. The molecule has 0 aromatic heterocycles. The highest BCUT2D eigenvalue weighted by Crippen LogP contribution is 2.28. The first-order chi connectivity index (χ1) is 11.0. The first kappa shape index (κ1) is 22.0. The van der Waals surface area contributed by atoms with Crippen molar-refractivity contribution in [3.8, 4) is 0 Å². The Balaban J connectivity index is 0.00000156. The van der Waals surface area contributed by atoms with Crippen molar-refractivity contribution in [2.45, 2.75) is 12.3 Å². The number of rotatable bonds is 3. The van der Waals surface area contributed by atoms with Crippen LogP contribution in [0.1, 0.15) is 17.9 Å². The molecule has 0 aliphatic carbocycles. The van der Waals surface area contributed by atoms with Crippen molar-refractivity contribution in [1.29, 1.82) is 0 Å². The second-order valence-electron chi connectivity index (χ2n) is 6.41. The molecule has 0 N–H and O–H groups in total. The van der Waals surface area contributed by atoms with Gasteiger partial charge in [-0.2, -0.15) is 0 Å². The van der Waals surface area contributed by atoms with Crippen LogP contribution in [0.4, 0.5) is 0 Å². The number of likely N-dealkylation sites (tertiary alicyclic amines) is 1. The van der Waals surface area contributed by atoms with Crippen LogP contribution in [-0.4, -0.2) is 72.8 Å². The fraction of sp³-hybridized carbons (Fsp3) is 0.529. The standard InChI is InChI=1S/C17H22ClN3O2.2ClH/c1-19-6-8-20(9-7-19)17(23)12-21-11-14(10-16(21)22)13-2-4-15(18)5-3-13;;/h2-5,14H,6-12H2,1H3;2*1H. The summed E-state index contributed by atoms with van der Waals surface area (Å²) in [6.07, 6.45) is 0.470. The van der Waals surface area contributed by atoms with Crippen LogP contribution in [0, 0.1) is 0 Å². The van der Waals surface area contributed by atoms with E-state index in [0.29, 0.717) is 18.0 Å². The quantitative estimate of drug-likeness (QED) is 0.771. The molecule has 0 spiro atoms. The van der Waals surface area contributed by atoms with E-state index in [4.69, 9.17) is 11.6 Å². The van der Waals surface area contributed by atoms with E-state index in [1.54, 1.807) is 4.90 Å². The fourth-order valence-corrected chi connectivity index (χ4v) is 3.33. The minimum atomic E-state index is 0. The van der Waals surface area contributed by atoms with Gasteiger partial charge in [-0.3, -0.25) is 9.59 Å². The maximum atomic E-state index is 12.4. The van der Waals surface area contributed by atoms with E-state index >= 15 is 0 Å². The summed E-state index contributed by atoms with van der Waals surface area (Å²) < 4.78 is 0. The average Bonchev–Trinajstić information content (AvgIpc) is 2.89. The number of likely N-dealkylation sites (N-methyl/N-ethyl adjacent to an activating group) is 1. The van der Waals surface area contributed by atoms with Gasteiger partial charge in [0.05, 0.1) is 6.54 Å². The summed E-state index contributed by atoms with van der Waals surface area (Å²) in [7, 11) is 2.06. The zero-order valence-corrected chi connectivity index (χ0v) is 16.6. The molecule has 25 heavy (non-hydrogen) atoms. The summed E-state index contributed by atoms with van der Waals surface area (Å²) in [6.45, 7) is 4.10. The van der Waals surface area contributed by atoms with Crippen LogP contribution in [0.2, 0.25) is 5.02 Å². The number of carbonyl (C=O) groups is 2. The molecule has 2 fully saturated rings. The molecule has 2 saturated heterocycles. The number of carbonyl (C=O) groups excluding carboxylic acids is 2. The Kier molecular flexibility index (Phi) is 8.48. The Labute approximate surface area is 166 Å². The normalized spacial score (nSPS) is 20.9. The third-order valence-electron chi connectivity index (χ3n) is 4.74. The maximum absolute atomic E-state index is 12.4. The second-order valence-corrected chi connectivity index (χ2v) is 6.85. The highest BCUT2D eigenvalue weighted by atomic mass is 35.5. The molecule has 5 nitrogen and oxygen atoms in total. The van der Waals surface area contributed by atoms with Crippen LogP contribution in [0.5, 0.6) is 0 Å². The third-order valence-corrected chi connectivity index (χ3v) is 4.99. The lowest BCUT2D eigenvalue weighted by Gasteiger charge is -2.33. The largest absolute Gasteiger partial charge is 0.339 e. The predicted octanol–water partition coefficient (Wildman–Crippen LogP) is 2.27. The van der Waals surface area contributed by atoms with Gasteiger partial charge in [-0.1, -0.05) is 23.7 Å². The van der Waals surface area contributed by atoms with Gasteiger partial charge in [0.1, 0.15) is 0 Å². The van der Waals surface area contributed by atoms with E-state index in [1.165, 1.54) is 0 Å². The first-order valence-corrected chi connectivity index (χ1v) is 8.40. The Morgan fingerprint density at radius 2 is 1.72 bits per heavy atom. The SMILES string of the molecule is CN1CCN(C(=O)CN2CC(c3ccc(Cl)cc3)CC2=O)CC1.Cl.Cl. The summed E-state index contributed by atoms with van der Waals surface area (Å²) in [5.41, 5.74) is 1.11. The molecule has 0 bridgehead atoms. The van der Waals surface area contributed by atoms with Crippen LogP contribution >= 0.6 is 36.4 Å². The van der Waals surface area contributed by atoms with Gasteiger partial charge in [-0.05, 0) is 24.7 Å². The van der Waals surface area contributed by atoms with E-state index in [1.807, 2.05) is 29.2 Å². The number of hydrogen-bond donors (Lipinski definition) is 0. The fourth-order valence-electron chi connectivity index (χ4n) is 3.20. The van der Waals surface area contributed by atoms with Crippen LogP contribution in [0.3, 0.4) is 0 Å². The van der Waals surface area contributed by atoms with Crippen LogP contribution in [0.15, 0.2) is 24.3 Å². The summed E-state index contributed by atoms with van der Waals surface area (Å²) in [4.78, 5) is 30.4. The summed E-state index contributed by atoms with van der Waals surface area (Å²) in [5, 5.41) is 0.695. The van der Waals surface area contributed by atoms with Gasteiger partial charge in [0.2, 0.25) is 11.8 Å². The minimum absolute atomic E-state index is 0. The topological polar surface area (TPSA) is 43.9 Å².